The number of nitrogens with zero attached hydrogens (tertiary/aromatic N) is 2. The predicted molar refractivity (Wildman–Crippen MR) is 76.8 cm³/mol. The summed E-state index contributed by atoms with van der Waals surface area (Å²) in [5, 5.41) is 4.16. The monoisotopic (exact) mass is 295 g/mol. The minimum Gasteiger partial charge on any atom is -0.379 e. The van der Waals surface area contributed by atoms with Gasteiger partial charge in [0.05, 0.1) is 18.6 Å². The van der Waals surface area contributed by atoms with Crippen molar-refractivity contribution in [3.05, 3.63) is 11.7 Å². The highest BCUT2D eigenvalue weighted by molar-refractivity contribution is 5.12. The summed E-state index contributed by atoms with van der Waals surface area (Å²) in [6.07, 6.45) is 6.08. The van der Waals surface area contributed by atoms with Gasteiger partial charge in [-0.05, 0) is 25.7 Å². The van der Waals surface area contributed by atoms with Gasteiger partial charge in [0.25, 0.3) is 0 Å². The predicted octanol–water partition coefficient (Wildman–Crippen LogP) is 1.95. The lowest BCUT2D eigenvalue weighted by molar-refractivity contribution is 0.0273. The molecule has 118 valence electrons. The zero-order valence-corrected chi connectivity index (χ0v) is 12.9. The second-order valence-corrected chi connectivity index (χ2v) is 6.55. The molecule has 3 rings (SSSR count). The van der Waals surface area contributed by atoms with Gasteiger partial charge in [-0.1, -0.05) is 24.4 Å². The van der Waals surface area contributed by atoms with Gasteiger partial charge in [-0.15, -0.1) is 0 Å². The van der Waals surface area contributed by atoms with Gasteiger partial charge in [0, 0.05) is 13.2 Å². The molecule has 0 aromatic carbocycles. The van der Waals surface area contributed by atoms with Crippen molar-refractivity contribution in [2.45, 2.75) is 56.6 Å². The summed E-state index contributed by atoms with van der Waals surface area (Å²) in [5.41, 5.74) is 5.73. The third-order valence-corrected chi connectivity index (χ3v) is 5.03. The summed E-state index contributed by atoms with van der Waals surface area (Å²) in [6, 6.07) is -0.110. The maximum absolute atomic E-state index is 6.12. The molecule has 3 unspecified atom stereocenters. The minimum atomic E-state index is -0.393. The molecule has 3 atom stereocenters. The van der Waals surface area contributed by atoms with Crippen molar-refractivity contribution in [2.24, 2.45) is 11.7 Å². The topological polar surface area (TPSA) is 83.4 Å². The van der Waals surface area contributed by atoms with Crippen LogP contribution < -0.4 is 5.73 Å². The van der Waals surface area contributed by atoms with E-state index in [0.29, 0.717) is 30.8 Å². The molecule has 6 heteroatoms. The average Bonchev–Trinajstić information content (AvgIpc) is 3.10. The highest BCUT2D eigenvalue weighted by atomic mass is 16.5. The summed E-state index contributed by atoms with van der Waals surface area (Å²) in [5.74, 6) is 1.70. The standard InChI is InChI=1S/C15H25N3O3/c1-15(9-20-8-11(15)16)14-17-13(18-21-14)12(19-2)10-6-4-3-5-7-10/h10-12H,3-9,16H2,1-2H3. The first-order chi connectivity index (χ1) is 10.1. The Labute approximate surface area is 125 Å². The van der Waals surface area contributed by atoms with Gasteiger partial charge in [-0.25, -0.2) is 0 Å². The molecule has 1 aromatic heterocycles. The zero-order valence-electron chi connectivity index (χ0n) is 12.9. The van der Waals surface area contributed by atoms with Gasteiger partial charge in [0.15, 0.2) is 0 Å². The maximum Gasteiger partial charge on any atom is 0.236 e. The summed E-state index contributed by atoms with van der Waals surface area (Å²) in [7, 11) is 1.72. The fourth-order valence-electron chi connectivity index (χ4n) is 3.44. The number of hydrogen-bond acceptors (Lipinski definition) is 6. The van der Waals surface area contributed by atoms with E-state index in [4.69, 9.17) is 19.7 Å². The van der Waals surface area contributed by atoms with E-state index in [1.807, 2.05) is 6.92 Å². The molecule has 2 aliphatic rings. The Morgan fingerprint density at radius 2 is 2.10 bits per heavy atom. The van der Waals surface area contributed by atoms with E-state index in [-0.39, 0.29) is 12.1 Å². The number of nitrogens with two attached hydrogens (primary N) is 1. The Hall–Kier alpha value is -0.980. The smallest absolute Gasteiger partial charge is 0.236 e. The summed E-state index contributed by atoms with van der Waals surface area (Å²) < 4.78 is 16.6. The maximum atomic E-state index is 6.12. The molecule has 1 saturated carbocycles. The van der Waals surface area contributed by atoms with Gasteiger partial charge < -0.3 is 19.7 Å². The third-order valence-electron chi connectivity index (χ3n) is 5.03. The van der Waals surface area contributed by atoms with Crippen LogP contribution in [0.5, 0.6) is 0 Å². The molecule has 0 amide bonds. The minimum absolute atomic E-state index is 0.0788. The lowest BCUT2D eigenvalue weighted by Crippen LogP contribution is -2.42. The van der Waals surface area contributed by atoms with Crippen molar-refractivity contribution >= 4 is 0 Å². The first-order valence-corrected chi connectivity index (χ1v) is 7.85. The molecule has 2 fully saturated rings. The normalized spacial score (nSPS) is 32.4. The van der Waals surface area contributed by atoms with Crippen molar-refractivity contribution in [1.82, 2.24) is 10.1 Å². The first-order valence-electron chi connectivity index (χ1n) is 7.85. The SMILES string of the molecule is COC(c1noc(C2(C)COCC2N)n1)C1CCCCC1. The molecule has 21 heavy (non-hydrogen) atoms. The van der Waals surface area contributed by atoms with Crippen LogP contribution in [-0.2, 0) is 14.9 Å². The van der Waals surface area contributed by atoms with E-state index in [1.165, 1.54) is 32.1 Å². The van der Waals surface area contributed by atoms with E-state index in [2.05, 4.69) is 10.1 Å². The molecule has 0 spiro atoms. The Bertz CT molecular complexity index is 472. The number of hydrogen-bond donors (Lipinski definition) is 1. The van der Waals surface area contributed by atoms with Crippen LogP contribution in [0.15, 0.2) is 4.52 Å². The summed E-state index contributed by atoms with van der Waals surface area (Å²) in [6.45, 7) is 3.08. The van der Waals surface area contributed by atoms with Crippen LogP contribution in [0.2, 0.25) is 0 Å². The number of ether oxygens (including phenoxy) is 2. The average molecular weight is 295 g/mol. The summed E-state index contributed by atoms with van der Waals surface area (Å²) in [4.78, 5) is 4.60. The molecular weight excluding hydrogens is 270 g/mol. The molecule has 1 aromatic rings. The van der Waals surface area contributed by atoms with Crippen LogP contribution in [-0.4, -0.2) is 36.5 Å². The molecule has 1 saturated heterocycles. The van der Waals surface area contributed by atoms with Gasteiger partial charge >= 0.3 is 0 Å². The van der Waals surface area contributed by atoms with Crippen molar-refractivity contribution in [2.75, 3.05) is 20.3 Å². The van der Waals surface area contributed by atoms with E-state index in [0.717, 1.165) is 0 Å². The molecule has 2 heterocycles. The largest absolute Gasteiger partial charge is 0.379 e. The fraction of sp³-hybridized carbons (Fsp3) is 0.867. The Balaban J connectivity index is 1.79. The van der Waals surface area contributed by atoms with Crippen molar-refractivity contribution in [3.63, 3.8) is 0 Å². The number of rotatable bonds is 4. The van der Waals surface area contributed by atoms with Crippen LogP contribution in [0.25, 0.3) is 0 Å². The van der Waals surface area contributed by atoms with Crippen LogP contribution in [0, 0.1) is 5.92 Å². The lowest BCUT2D eigenvalue weighted by Gasteiger charge is -2.27. The van der Waals surface area contributed by atoms with Gasteiger partial charge in [-0.2, -0.15) is 4.98 Å². The molecule has 0 radical (unpaired) electrons. The first kappa shape index (κ1) is 14.9. The van der Waals surface area contributed by atoms with Crippen molar-refractivity contribution in [1.29, 1.82) is 0 Å². The molecule has 2 N–H and O–H groups in total. The van der Waals surface area contributed by atoms with Gasteiger partial charge in [-0.3, -0.25) is 0 Å². The number of methoxy groups -OCH3 is 1. The van der Waals surface area contributed by atoms with E-state index in [9.17, 15) is 0 Å². The number of aromatic nitrogens is 2. The Kier molecular flexibility index (Phi) is 4.28. The second kappa shape index (κ2) is 6.02. The quantitative estimate of drug-likeness (QED) is 0.914. The highest BCUT2D eigenvalue weighted by Crippen LogP contribution is 2.37. The van der Waals surface area contributed by atoms with Gasteiger partial charge in [0.2, 0.25) is 11.7 Å². The van der Waals surface area contributed by atoms with Crippen molar-refractivity contribution < 1.29 is 14.0 Å². The molecular formula is C15H25N3O3. The fourth-order valence-corrected chi connectivity index (χ4v) is 3.44. The summed E-state index contributed by atoms with van der Waals surface area (Å²) >= 11 is 0. The molecule has 1 aliphatic heterocycles. The van der Waals surface area contributed by atoms with Crippen LogP contribution >= 0.6 is 0 Å². The molecule has 1 aliphatic carbocycles. The molecule has 6 nitrogen and oxygen atoms in total. The highest BCUT2D eigenvalue weighted by Gasteiger charge is 2.44. The van der Waals surface area contributed by atoms with Crippen LogP contribution in [0.1, 0.15) is 56.8 Å². The Morgan fingerprint density at radius 3 is 2.71 bits per heavy atom. The third kappa shape index (κ3) is 2.72. The lowest BCUT2D eigenvalue weighted by atomic mass is 9.84. The van der Waals surface area contributed by atoms with Crippen LogP contribution in [0.4, 0.5) is 0 Å². The molecule has 0 bridgehead atoms. The van der Waals surface area contributed by atoms with Crippen molar-refractivity contribution in [3.8, 4) is 0 Å². The van der Waals surface area contributed by atoms with Gasteiger partial charge in [0.1, 0.15) is 6.10 Å². The van der Waals surface area contributed by atoms with E-state index in [1.54, 1.807) is 7.11 Å². The van der Waals surface area contributed by atoms with E-state index >= 15 is 0 Å². The van der Waals surface area contributed by atoms with E-state index < -0.39 is 5.41 Å². The Morgan fingerprint density at radius 1 is 1.33 bits per heavy atom. The zero-order chi connectivity index (χ0) is 14.9. The van der Waals surface area contributed by atoms with Crippen LogP contribution in [0.3, 0.4) is 0 Å². The second-order valence-electron chi connectivity index (χ2n) is 6.55.